The minimum Gasteiger partial charge on any atom is -0.306 e. The van der Waals surface area contributed by atoms with E-state index in [-0.39, 0.29) is 0 Å². The van der Waals surface area contributed by atoms with E-state index in [9.17, 15) is 0 Å². The molecule has 0 aliphatic carbocycles. The lowest BCUT2D eigenvalue weighted by Gasteiger charge is -2.35. The third-order valence-electron chi connectivity index (χ3n) is 3.32. The molecule has 1 saturated heterocycles. The highest BCUT2D eigenvalue weighted by molar-refractivity contribution is 7.07. The molecule has 1 aliphatic heterocycles. The summed E-state index contributed by atoms with van der Waals surface area (Å²) < 4.78 is 0. The Kier molecular flexibility index (Phi) is 3.78. The second-order valence-electron chi connectivity index (χ2n) is 4.58. The first kappa shape index (κ1) is 11.1. The minimum absolute atomic E-state index is 0.779. The number of hydrogen-bond donors (Lipinski definition) is 0. The third-order valence-corrected chi connectivity index (χ3v) is 4.06. The summed E-state index contributed by atoms with van der Waals surface area (Å²) in [5, 5.41) is 4.42. The van der Waals surface area contributed by atoms with Crippen LogP contribution in [-0.2, 0) is 6.54 Å². The molecular formula is C12H20N2S. The highest BCUT2D eigenvalue weighted by atomic mass is 32.1. The molecule has 84 valence electrons. The lowest BCUT2D eigenvalue weighted by Crippen LogP contribution is -2.41. The molecule has 15 heavy (non-hydrogen) atoms. The molecule has 0 atom stereocenters. The molecule has 3 heteroatoms. The highest BCUT2D eigenvalue weighted by Gasteiger charge is 2.20. The van der Waals surface area contributed by atoms with Gasteiger partial charge in [0.15, 0.2) is 0 Å². The molecule has 0 amide bonds. The van der Waals surface area contributed by atoms with Gasteiger partial charge in [-0.2, -0.15) is 11.3 Å². The quantitative estimate of drug-likeness (QED) is 0.777. The van der Waals surface area contributed by atoms with Gasteiger partial charge in [-0.1, -0.05) is 0 Å². The van der Waals surface area contributed by atoms with Crippen LogP contribution < -0.4 is 0 Å². The Morgan fingerprint density at radius 3 is 2.80 bits per heavy atom. The molecule has 0 spiro atoms. The maximum absolute atomic E-state index is 2.51. The van der Waals surface area contributed by atoms with Crippen molar-refractivity contribution in [3.05, 3.63) is 22.4 Å². The monoisotopic (exact) mass is 224 g/mol. The molecule has 0 N–H and O–H groups in total. The number of likely N-dealkylation sites (tertiary alicyclic amines) is 1. The molecule has 1 aliphatic rings. The number of thiophene rings is 1. The van der Waals surface area contributed by atoms with Crippen LogP contribution in [0.2, 0.25) is 0 Å². The van der Waals surface area contributed by atoms with Gasteiger partial charge in [-0.15, -0.1) is 0 Å². The summed E-state index contributed by atoms with van der Waals surface area (Å²) >= 11 is 1.79. The standard InChI is InChI=1S/C12H20N2S/c1-13-6-3-12(4-7-13)14(2)9-11-5-8-15-10-11/h5,8,10,12H,3-4,6-7,9H2,1-2H3. The zero-order valence-electron chi connectivity index (χ0n) is 9.65. The lowest BCUT2D eigenvalue weighted by atomic mass is 10.0. The van der Waals surface area contributed by atoms with Crippen LogP contribution in [0.5, 0.6) is 0 Å². The van der Waals surface area contributed by atoms with E-state index in [1.165, 1.54) is 31.5 Å². The summed E-state index contributed by atoms with van der Waals surface area (Å²) in [6, 6.07) is 3.01. The first-order chi connectivity index (χ1) is 7.25. The Morgan fingerprint density at radius 1 is 1.47 bits per heavy atom. The van der Waals surface area contributed by atoms with Crippen molar-refractivity contribution in [2.75, 3.05) is 27.2 Å². The highest BCUT2D eigenvalue weighted by Crippen LogP contribution is 2.17. The van der Waals surface area contributed by atoms with Gasteiger partial charge in [0.05, 0.1) is 0 Å². The van der Waals surface area contributed by atoms with E-state index in [4.69, 9.17) is 0 Å². The van der Waals surface area contributed by atoms with Crippen LogP contribution in [0.4, 0.5) is 0 Å². The van der Waals surface area contributed by atoms with E-state index in [1.807, 2.05) is 0 Å². The Labute approximate surface area is 96.5 Å². The Morgan fingerprint density at radius 2 is 2.20 bits per heavy atom. The van der Waals surface area contributed by atoms with Crippen molar-refractivity contribution in [3.8, 4) is 0 Å². The number of rotatable bonds is 3. The molecule has 0 aromatic carbocycles. The smallest absolute Gasteiger partial charge is 0.0241 e. The maximum Gasteiger partial charge on any atom is 0.0241 e. The number of nitrogens with zero attached hydrogens (tertiary/aromatic N) is 2. The van der Waals surface area contributed by atoms with Gasteiger partial charge >= 0.3 is 0 Å². The van der Waals surface area contributed by atoms with Crippen molar-refractivity contribution in [1.82, 2.24) is 9.80 Å². The largest absolute Gasteiger partial charge is 0.306 e. The molecule has 0 radical (unpaired) electrons. The van der Waals surface area contributed by atoms with Crippen LogP contribution in [0.1, 0.15) is 18.4 Å². The molecule has 2 nitrogen and oxygen atoms in total. The Balaban J connectivity index is 1.83. The summed E-state index contributed by atoms with van der Waals surface area (Å²) in [7, 11) is 4.47. The number of piperidine rings is 1. The van der Waals surface area contributed by atoms with Gasteiger partial charge in [-0.25, -0.2) is 0 Å². The molecule has 0 bridgehead atoms. The van der Waals surface area contributed by atoms with Crippen molar-refractivity contribution in [2.45, 2.75) is 25.4 Å². The van der Waals surface area contributed by atoms with Crippen molar-refractivity contribution in [3.63, 3.8) is 0 Å². The van der Waals surface area contributed by atoms with E-state index in [2.05, 4.69) is 40.7 Å². The first-order valence-electron chi connectivity index (χ1n) is 5.65. The van der Waals surface area contributed by atoms with Crippen LogP contribution in [0.25, 0.3) is 0 Å². The maximum atomic E-state index is 2.51. The van der Waals surface area contributed by atoms with Gasteiger partial charge in [0, 0.05) is 12.6 Å². The predicted molar refractivity (Wildman–Crippen MR) is 66.3 cm³/mol. The van der Waals surface area contributed by atoms with Crippen molar-refractivity contribution < 1.29 is 0 Å². The summed E-state index contributed by atoms with van der Waals surface area (Å²) in [5.74, 6) is 0. The fourth-order valence-corrected chi connectivity index (χ4v) is 2.90. The zero-order chi connectivity index (χ0) is 10.7. The van der Waals surface area contributed by atoms with Gasteiger partial charge < -0.3 is 4.90 Å². The van der Waals surface area contributed by atoms with Crippen molar-refractivity contribution >= 4 is 11.3 Å². The molecule has 0 saturated carbocycles. The van der Waals surface area contributed by atoms with Crippen LogP contribution >= 0.6 is 11.3 Å². The zero-order valence-corrected chi connectivity index (χ0v) is 10.5. The fourth-order valence-electron chi connectivity index (χ4n) is 2.24. The molecular weight excluding hydrogens is 204 g/mol. The second kappa shape index (κ2) is 5.10. The predicted octanol–water partition coefficient (Wildman–Crippen LogP) is 2.27. The molecule has 0 unspecified atom stereocenters. The SMILES string of the molecule is CN1CCC(N(C)Cc2ccsc2)CC1. The normalized spacial score (nSPS) is 19.9. The van der Waals surface area contributed by atoms with Gasteiger partial charge in [0.25, 0.3) is 0 Å². The lowest BCUT2D eigenvalue weighted by molar-refractivity contribution is 0.139. The van der Waals surface area contributed by atoms with Gasteiger partial charge in [-0.05, 0) is 62.4 Å². The second-order valence-corrected chi connectivity index (χ2v) is 5.36. The summed E-state index contributed by atoms with van der Waals surface area (Å²) in [6.45, 7) is 3.61. The van der Waals surface area contributed by atoms with Crippen LogP contribution in [0, 0.1) is 0 Å². The van der Waals surface area contributed by atoms with Gasteiger partial charge in [0.2, 0.25) is 0 Å². The minimum atomic E-state index is 0.779. The molecule has 1 aromatic rings. The van der Waals surface area contributed by atoms with Gasteiger partial charge in [-0.3, -0.25) is 4.90 Å². The van der Waals surface area contributed by atoms with E-state index in [1.54, 1.807) is 11.3 Å². The molecule has 2 rings (SSSR count). The third kappa shape index (κ3) is 3.03. The van der Waals surface area contributed by atoms with E-state index in [0.29, 0.717) is 0 Å². The average molecular weight is 224 g/mol. The fraction of sp³-hybridized carbons (Fsp3) is 0.667. The first-order valence-corrected chi connectivity index (χ1v) is 6.60. The topological polar surface area (TPSA) is 6.48 Å². The summed E-state index contributed by atoms with van der Waals surface area (Å²) in [5.41, 5.74) is 1.46. The van der Waals surface area contributed by atoms with Gasteiger partial charge in [0.1, 0.15) is 0 Å². The van der Waals surface area contributed by atoms with Crippen molar-refractivity contribution in [2.24, 2.45) is 0 Å². The Hall–Kier alpha value is -0.380. The molecule has 1 fully saturated rings. The number of hydrogen-bond acceptors (Lipinski definition) is 3. The molecule has 2 heterocycles. The summed E-state index contributed by atoms with van der Waals surface area (Å²) in [6.07, 6.45) is 2.63. The average Bonchev–Trinajstić information content (AvgIpc) is 2.71. The molecule has 1 aromatic heterocycles. The Bertz CT molecular complexity index is 276. The van der Waals surface area contributed by atoms with E-state index < -0.39 is 0 Å². The van der Waals surface area contributed by atoms with Crippen LogP contribution in [0.15, 0.2) is 16.8 Å². The van der Waals surface area contributed by atoms with E-state index in [0.717, 1.165) is 12.6 Å². The van der Waals surface area contributed by atoms with Crippen LogP contribution in [0.3, 0.4) is 0 Å². The van der Waals surface area contributed by atoms with Crippen molar-refractivity contribution in [1.29, 1.82) is 0 Å². The van der Waals surface area contributed by atoms with E-state index >= 15 is 0 Å². The summed E-state index contributed by atoms with van der Waals surface area (Å²) in [4.78, 5) is 4.93. The van der Waals surface area contributed by atoms with Crippen LogP contribution in [-0.4, -0.2) is 43.0 Å².